The number of carboxylic acid groups (broad SMARTS) is 1. The van der Waals surface area contributed by atoms with Gasteiger partial charge in [-0.15, -0.1) is 0 Å². The molecule has 3 nitrogen and oxygen atoms in total. The molecule has 1 N–H and O–H groups in total. The molecule has 0 bridgehead atoms. The number of carboxylic acids is 1. The summed E-state index contributed by atoms with van der Waals surface area (Å²) in [5.41, 5.74) is 1.11. The predicted molar refractivity (Wildman–Crippen MR) is 80.5 cm³/mol. The minimum atomic E-state index is -0.725. The Kier molecular flexibility index (Phi) is 4.81. The van der Waals surface area contributed by atoms with E-state index in [4.69, 9.17) is 0 Å². The SMILES string of the molecule is CC1CC(C)C(C)N(C(CC(=O)O)c2ccccc2)C1. The molecule has 1 saturated heterocycles. The molecule has 0 aliphatic carbocycles. The van der Waals surface area contributed by atoms with Gasteiger partial charge in [0.25, 0.3) is 0 Å². The highest BCUT2D eigenvalue weighted by molar-refractivity contribution is 5.68. The third-order valence-electron chi connectivity index (χ3n) is 4.60. The first-order valence-corrected chi connectivity index (χ1v) is 7.51. The second-order valence-corrected chi connectivity index (χ2v) is 6.28. The summed E-state index contributed by atoms with van der Waals surface area (Å²) in [6.45, 7) is 7.75. The standard InChI is InChI=1S/C17H25NO2/c1-12-9-13(2)14(3)18(11-12)16(10-17(19)20)15-7-5-4-6-8-15/h4-8,12-14,16H,9-11H2,1-3H3,(H,19,20). The topological polar surface area (TPSA) is 40.5 Å². The first-order chi connectivity index (χ1) is 9.49. The van der Waals surface area contributed by atoms with E-state index in [0.717, 1.165) is 12.1 Å². The zero-order valence-electron chi connectivity index (χ0n) is 12.6. The Morgan fingerprint density at radius 2 is 1.95 bits per heavy atom. The van der Waals surface area contributed by atoms with Gasteiger partial charge in [-0.1, -0.05) is 44.2 Å². The summed E-state index contributed by atoms with van der Waals surface area (Å²) in [5, 5.41) is 9.27. The summed E-state index contributed by atoms with van der Waals surface area (Å²) in [6, 6.07) is 10.5. The van der Waals surface area contributed by atoms with E-state index in [2.05, 4.69) is 25.7 Å². The predicted octanol–water partition coefficient (Wildman–Crippen LogP) is 3.57. The Morgan fingerprint density at radius 1 is 1.30 bits per heavy atom. The molecule has 20 heavy (non-hydrogen) atoms. The fourth-order valence-electron chi connectivity index (χ4n) is 3.44. The summed E-state index contributed by atoms with van der Waals surface area (Å²) in [4.78, 5) is 13.7. The maximum Gasteiger partial charge on any atom is 0.305 e. The molecule has 4 unspecified atom stereocenters. The molecule has 4 atom stereocenters. The van der Waals surface area contributed by atoms with Gasteiger partial charge in [0.05, 0.1) is 6.42 Å². The van der Waals surface area contributed by atoms with Crippen molar-refractivity contribution in [2.75, 3.05) is 6.54 Å². The second-order valence-electron chi connectivity index (χ2n) is 6.28. The van der Waals surface area contributed by atoms with Crippen LogP contribution in [-0.2, 0) is 4.79 Å². The van der Waals surface area contributed by atoms with Crippen LogP contribution in [0.2, 0.25) is 0 Å². The zero-order chi connectivity index (χ0) is 14.7. The van der Waals surface area contributed by atoms with Crippen LogP contribution in [-0.4, -0.2) is 28.6 Å². The summed E-state index contributed by atoms with van der Waals surface area (Å²) in [7, 11) is 0. The van der Waals surface area contributed by atoms with Crippen LogP contribution in [0.1, 0.15) is 45.2 Å². The average Bonchev–Trinajstić information content (AvgIpc) is 2.41. The summed E-state index contributed by atoms with van der Waals surface area (Å²) < 4.78 is 0. The fourth-order valence-corrected chi connectivity index (χ4v) is 3.44. The molecule has 110 valence electrons. The van der Waals surface area contributed by atoms with Gasteiger partial charge in [0.15, 0.2) is 0 Å². The normalized spacial score (nSPS) is 29.1. The molecular formula is C17H25NO2. The van der Waals surface area contributed by atoms with Crippen LogP contribution < -0.4 is 0 Å². The van der Waals surface area contributed by atoms with Gasteiger partial charge in [-0.25, -0.2) is 0 Å². The molecule has 3 heteroatoms. The van der Waals surface area contributed by atoms with Gasteiger partial charge in [0.1, 0.15) is 0 Å². The third-order valence-corrected chi connectivity index (χ3v) is 4.60. The number of piperidine rings is 1. The van der Waals surface area contributed by atoms with Crippen LogP contribution in [0, 0.1) is 11.8 Å². The van der Waals surface area contributed by atoms with Gasteiger partial charge < -0.3 is 5.11 Å². The van der Waals surface area contributed by atoms with Crippen molar-refractivity contribution in [1.82, 2.24) is 4.90 Å². The van der Waals surface area contributed by atoms with Crippen LogP contribution in [0.25, 0.3) is 0 Å². The van der Waals surface area contributed by atoms with E-state index < -0.39 is 5.97 Å². The van der Waals surface area contributed by atoms with Gasteiger partial charge in [-0.2, -0.15) is 0 Å². The van der Waals surface area contributed by atoms with Crippen molar-refractivity contribution in [3.05, 3.63) is 35.9 Å². The lowest BCUT2D eigenvalue weighted by atomic mass is 9.83. The van der Waals surface area contributed by atoms with Crippen molar-refractivity contribution in [1.29, 1.82) is 0 Å². The molecule has 1 aromatic rings. The Balaban J connectivity index is 2.28. The van der Waals surface area contributed by atoms with Crippen LogP contribution in [0.5, 0.6) is 0 Å². The molecule has 1 fully saturated rings. The van der Waals surface area contributed by atoms with E-state index in [1.807, 2.05) is 30.3 Å². The van der Waals surface area contributed by atoms with E-state index in [1.54, 1.807) is 0 Å². The van der Waals surface area contributed by atoms with Gasteiger partial charge in [-0.3, -0.25) is 9.69 Å². The van der Waals surface area contributed by atoms with Gasteiger partial charge in [0, 0.05) is 18.6 Å². The summed E-state index contributed by atoms with van der Waals surface area (Å²) >= 11 is 0. The Labute approximate surface area is 121 Å². The number of benzene rings is 1. The van der Waals surface area contributed by atoms with Crippen molar-refractivity contribution in [3.63, 3.8) is 0 Å². The fraction of sp³-hybridized carbons (Fsp3) is 0.588. The van der Waals surface area contributed by atoms with Crippen molar-refractivity contribution >= 4 is 5.97 Å². The third kappa shape index (κ3) is 3.40. The number of hydrogen-bond donors (Lipinski definition) is 1. The molecule has 0 spiro atoms. The smallest absolute Gasteiger partial charge is 0.305 e. The molecule has 1 heterocycles. The summed E-state index contributed by atoms with van der Waals surface area (Å²) in [5.74, 6) is 0.511. The van der Waals surface area contributed by atoms with Crippen LogP contribution in [0.15, 0.2) is 30.3 Å². The minimum absolute atomic E-state index is 0.0195. The van der Waals surface area contributed by atoms with E-state index >= 15 is 0 Å². The quantitative estimate of drug-likeness (QED) is 0.913. The van der Waals surface area contributed by atoms with Gasteiger partial charge in [-0.05, 0) is 30.7 Å². The van der Waals surface area contributed by atoms with Crippen molar-refractivity contribution in [3.8, 4) is 0 Å². The first kappa shape index (κ1) is 15.0. The molecule has 2 rings (SSSR count). The molecule has 1 aromatic carbocycles. The zero-order valence-corrected chi connectivity index (χ0v) is 12.6. The lowest BCUT2D eigenvalue weighted by molar-refractivity contribution is -0.139. The van der Waals surface area contributed by atoms with Crippen molar-refractivity contribution in [2.24, 2.45) is 11.8 Å². The molecule has 0 aromatic heterocycles. The van der Waals surface area contributed by atoms with Gasteiger partial charge >= 0.3 is 5.97 Å². The molecule has 0 radical (unpaired) electrons. The highest BCUT2D eigenvalue weighted by Gasteiger charge is 2.34. The molecular weight excluding hydrogens is 250 g/mol. The lowest BCUT2D eigenvalue weighted by Gasteiger charge is -2.45. The van der Waals surface area contributed by atoms with Crippen LogP contribution in [0.4, 0.5) is 0 Å². The number of aliphatic carboxylic acids is 1. The number of hydrogen-bond acceptors (Lipinski definition) is 2. The van der Waals surface area contributed by atoms with Crippen LogP contribution in [0.3, 0.4) is 0 Å². The van der Waals surface area contributed by atoms with E-state index in [9.17, 15) is 9.90 Å². The van der Waals surface area contributed by atoms with E-state index in [1.165, 1.54) is 6.42 Å². The largest absolute Gasteiger partial charge is 0.481 e. The van der Waals surface area contributed by atoms with Gasteiger partial charge in [0.2, 0.25) is 0 Å². The van der Waals surface area contributed by atoms with Crippen molar-refractivity contribution in [2.45, 2.75) is 45.7 Å². The maximum absolute atomic E-state index is 11.3. The van der Waals surface area contributed by atoms with Crippen LogP contribution >= 0.6 is 0 Å². The summed E-state index contributed by atoms with van der Waals surface area (Å²) in [6.07, 6.45) is 1.40. The Morgan fingerprint density at radius 3 is 2.55 bits per heavy atom. The molecule has 1 aliphatic rings. The lowest BCUT2D eigenvalue weighted by Crippen LogP contribution is -2.47. The number of carbonyl (C=O) groups is 1. The number of rotatable bonds is 4. The molecule has 0 amide bonds. The minimum Gasteiger partial charge on any atom is -0.481 e. The number of likely N-dealkylation sites (tertiary alicyclic amines) is 1. The monoisotopic (exact) mass is 275 g/mol. The maximum atomic E-state index is 11.3. The second kappa shape index (κ2) is 6.40. The average molecular weight is 275 g/mol. The Bertz CT molecular complexity index is 446. The molecule has 0 saturated carbocycles. The highest BCUT2D eigenvalue weighted by Crippen LogP contribution is 2.35. The molecule has 1 aliphatic heterocycles. The first-order valence-electron chi connectivity index (χ1n) is 7.51. The van der Waals surface area contributed by atoms with Crippen molar-refractivity contribution < 1.29 is 9.90 Å². The Hall–Kier alpha value is -1.35. The highest BCUT2D eigenvalue weighted by atomic mass is 16.4. The number of nitrogens with zero attached hydrogens (tertiary/aromatic N) is 1. The van der Waals surface area contributed by atoms with E-state index in [0.29, 0.717) is 17.9 Å². The van der Waals surface area contributed by atoms with E-state index in [-0.39, 0.29) is 12.5 Å².